The van der Waals surface area contributed by atoms with Gasteiger partial charge in [0.1, 0.15) is 0 Å². The summed E-state index contributed by atoms with van der Waals surface area (Å²) < 4.78 is 27.8. The second-order valence-corrected chi connectivity index (χ2v) is 10.3. The quantitative estimate of drug-likeness (QED) is 0.473. The molecule has 1 amide bonds. The predicted octanol–water partition coefficient (Wildman–Crippen LogP) is 4.08. The van der Waals surface area contributed by atoms with E-state index in [-0.39, 0.29) is 21.4 Å². The highest BCUT2D eigenvalue weighted by molar-refractivity contribution is 7.94. The Labute approximate surface area is 183 Å². The summed E-state index contributed by atoms with van der Waals surface area (Å²) in [7, 11) is -3.89. The molecule has 0 fully saturated rings. The Morgan fingerprint density at radius 3 is 2.65 bits per heavy atom. The zero-order chi connectivity index (χ0) is 21.6. The Kier molecular flexibility index (Phi) is 4.71. The van der Waals surface area contributed by atoms with Crippen LogP contribution in [0.5, 0.6) is 0 Å². The van der Waals surface area contributed by atoms with Crippen LogP contribution in [0, 0.1) is 0 Å². The highest BCUT2D eigenvalue weighted by Gasteiger charge is 2.38. The summed E-state index contributed by atoms with van der Waals surface area (Å²) in [4.78, 5) is 12.8. The first-order valence-corrected chi connectivity index (χ1v) is 12.0. The van der Waals surface area contributed by atoms with E-state index in [1.54, 1.807) is 18.2 Å². The number of hydrogen-bond acceptors (Lipinski definition) is 6. The molecule has 0 spiro atoms. The average molecular weight is 451 g/mol. The van der Waals surface area contributed by atoms with Gasteiger partial charge in [0, 0.05) is 11.6 Å². The minimum atomic E-state index is -3.89. The summed E-state index contributed by atoms with van der Waals surface area (Å²) in [5.41, 5.74) is 2.12. The van der Waals surface area contributed by atoms with Gasteiger partial charge < -0.3 is 0 Å². The van der Waals surface area contributed by atoms with E-state index in [0.717, 1.165) is 27.7 Å². The number of hydrogen-bond donors (Lipinski definition) is 1. The largest absolute Gasteiger partial charge is 0.296 e. The number of para-hydroxylation sites is 1. The Hall–Kier alpha value is -3.30. The molecule has 1 aliphatic rings. The number of amides is 1. The fourth-order valence-corrected chi connectivity index (χ4v) is 6.61. The predicted molar refractivity (Wildman–Crippen MR) is 121 cm³/mol. The minimum Gasteiger partial charge on any atom is -0.296 e. The summed E-state index contributed by atoms with van der Waals surface area (Å²) in [6.45, 7) is 1.86. The van der Waals surface area contributed by atoms with Crippen LogP contribution < -0.4 is 9.62 Å². The summed E-state index contributed by atoms with van der Waals surface area (Å²) in [6.07, 6.45) is 0.638. The number of rotatable bonds is 4. The molecule has 1 atom stereocenters. The average Bonchev–Trinajstić information content (AvgIpc) is 3.37. The molecule has 7 nitrogen and oxygen atoms in total. The minimum absolute atomic E-state index is 0.136. The number of carbonyl (C=O) groups is 1. The topological polar surface area (TPSA) is 92.3 Å². The maximum atomic E-state index is 13.3. The number of fused-ring (bicyclic) bond motifs is 2. The normalized spacial score (nSPS) is 15.8. The molecule has 0 bridgehead atoms. The second kappa shape index (κ2) is 7.44. The van der Waals surface area contributed by atoms with Crippen molar-refractivity contribution in [3.05, 3.63) is 77.9 Å². The van der Waals surface area contributed by atoms with Crippen LogP contribution in [0.25, 0.3) is 10.8 Å². The van der Waals surface area contributed by atoms with Crippen molar-refractivity contribution in [3.8, 4) is 0 Å². The van der Waals surface area contributed by atoms with Crippen molar-refractivity contribution in [2.75, 3.05) is 9.62 Å². The van der Waals surface area contributed by atoms with Gasteiger partial charge in [-0.05, 0) is 41.8 Å². The van der Waals surface area contributed by atoms with Gasteiger partial charge >= 0.3 is 0 Å². The van der Waals surface area contributed by atoms with Crippen LogP contribution in [0.15, 0.2) is 71.1 Å². The third-order valence-electron chi connectivity index (χ3n) is 5.29. The molecule has 1 aliphatic heterocycles. The third kappa shape index (κ3) is 3.35. The fraction of sp³-hybridized carbons (Fsp3) is 0.136. The van der Waals surface area contributed by atoms with E-state index in [9.17, 15) is 13.2 Å². The van der Waals surface area contributed by atoms with E-state index in [4.69, 9.17) is 0 Å². The van der Waals surface area contributed by atoms with Crippen LogP contribution in [-0.4, -0.2) is 30.6 Å². The zero-order valence-electron chi connectivity index (χ0n) is 16.5. The number of nitrogens with one attached hydrogen (secondary N) is 1. The Balaban J connectivity index is 1.43. The number of carbonyl (C=O) groups excluding carboxylic acids is 1. The van der Waals surface area contributed by atoms with E-state index < -0.39 is 10.0 Å². The van der Waals surface area contributed by atoms with Gasteiger partial charge in [0.2, 0.25) is 5.13 Å². The van der Waals surface area contributed by atoms with Gasteiger partial charge in [-0.15, -0.1) is 10.2 Å². The van der Waals surface area contributed by atoms with Crippen molar-refractivity contribution >= 4 is 48.9 Å². The molecular formula is C22H18N4O3S2. The maximum Gasteiger partial charge on any atom is 0.293 e. The van der Waals surface area contributed by atoms with Crippen molar-refractivity contribution in [2.45, 2.75) is 23.7 Å². The Morgan fingerprint density at radius 2 is 1.77 bits per heavy atom. The molecule has 31 heavy (non-hydrogen) atoms. The summed E-state index contributed by atoms with van der Waals surface area (Å²) in [5.74, 6) is -0.364. The highest BCUT2D eigenvalue weighted by Crippen LogP contribution is 2.37. The molecule has 5 rings (SSSR count). The lowest BCUT2D eigenvalue weighted by atomic mass is 10.0. The fourth-order valence-electron chi connectivity index (χ4n) is 3.94. The lowest BCUT2D eigenvalue weighted by Gasteiger charge is -2.22. The van der Waals surface area contributed by atoms with Gasteiger partial charge in [0.15, 0.2) is 0 Å². The molecule has 0 radical (unpaired) electrons. The van der Waals surface area contributed by atoms with E-state index in [1.165, 1.54) is 4.31 Å². The van der Waals surface area contributed by atoms with Crippen molar-refractivity contribution in [1.29, 1.82) is 0 Å². The van der Waals surface area contributed by atoms with Gasteiger partial charge in [-0.1, -0.05) is 65.9 Å². The molecule has 3 aromatic carbocycles. The molecule has 1 aromatic heterocycles. The number of anilines is 2. The number of nitrogens with zero attached hydrogens (tertiary/aromatic N) is 3. The smallest absolute Gasteiger partial charge is 0.293 e. The van der Waals surface area contributed by atoms with E-state index in [2.05, 4.69) is 15.5 Å². The zero-order valence-corrected chi connectivity index (χ0v) is 18.2. The number of sulfonamides is 1. The van der Waals surface area contributed by atoms with Gasteiger partial charge in [0.25, 0.3) is 20.3 Å². The van der Waals surface area contributed by atoms with Crippen molar-refractivity contribution in [2.24, 2.45) is 0 Å². The Morgan fingerprint density at radius 1 is 1.03 bits per heavy atom. The van der Waals surface area contributed by atoms with Gasteiger partial charge in [-0.3, -0.25) is 14.4 Å². The molecule has 0 saturated heterocycles. The lowest BCUT2D eigenvalue weighted by molar-refractivity contribution is 0.102. The monoisotopic (exact) mass is 450 g/mol. The third-order valence-corrected chi connectivity index (χ3v) is 8.40. The molecule has 9 heteroatoms. The van der Waals surface area contributed by atoms with Gasteiger partial charge in [0.05, 0.1) is 5.69 Å². The summed E-state index contributed by atoms with van der Waals surface area (Å²) in [6, 6.07) is 20.2. The standard InChI is InChI=1S/C22H18N4O3S2/c1-14-13-16-8-3-5-12-19(16)26(14)31(28,29)22-25-24-21(30-22)23-20(27)18-11-6-9-15-7-2-4-10-17(15)18/h2-12,14H,13H2,1H3,(H,23,24,27)/t14-/m0/s1. The van der Waals surface area contributed by atoms with Crippen LogP contribution in [0.3, 0.4) is 0 Å². The van der Waals surface area contributed by atoms with Crippen molar-refractivity contribution in [1.82, 2.24) is 10.2 Å². The van der Waals surface area contributed by atoms with E-state index >= 15 is 0 Å². The molecule has 1 N–H and O–H groups in total. The molecule has 4 aromatic rings. The summed E-state index contributed by atoms with van der Waals surface area (Å²) in [5, 5.41) is 12.4. The summed E-state index contributed by atoms with van der Waals surface area (Å²) >= 11 is 0.848. The molecule has 0 saturated carbocycles. The number of aromatic nitrogens is 2. The van der Waals surface area contributed by atoms with Crippen molar-refractivity contribution in [3.63, 3.8) is 0 Å². The molecule has 0 aliphatic carbocycles. The highest BCUT2D eigenvalue weighted by atomic mass is 32.2. The van der Waals surface area contributed by atoms with Crippen molar-refractivity contribution < 1.29 is 13.2 Å². The second-order valence-electron chi connectivity index (χ2n) is 7.34. The van der Waals surface area contributed by atoms with Crippen LogP contribution in [-0.2, 0) is 16.4 Å². The SMILES string of the molecule is C[C@H]1Cc2ccccc2N1S(=O)(=O)c1nnc(NC(=O)c2cccc3ccccc23)s1. The molecule has 2 heterocycles. The van der Waals surface area contributed by atoms with Gasteiger partial charge in [-0.2, -0.15) is 8.42 Å². The first kappa shape index (κ1) is 19.7. The maximum absolute atomic E-state index is 13.3. The van der Waals surface area contributed by atoms with E-state index in [0.29, 0.717) is 17.7 Å². The number of benzene rings is 3. The van der Waals surface area contributed by atoms with Crippen LogP contribution in [0.4, 0.5) is 10.8 Å². The lowest BCUT2D eigenvalue weighted by Crippen LogP contribution is -2.35. The first-order chi connectivity index (χ1) is 14.9. The Bertz CT molecular complexity index is 1410. The van der Waals surface area contributed by atoms with Gasteiger partial charge in [-0.25, -0.2) is 0 Å². The molecule has 156 valence electrons. The van der Waals surface area contributed by atoms with Crippen LogP contribution in [0.2, 0.25) is 0 Å². The first-order valence-electron chi connectivity index (χ1n) is 9.70. The molecule has 0 unspecified atom stereocenters. The van der Waals surface area contributed by atoms with Crippen LogP contribution >= 0.6 is 11.3 Å². The molecular weight excluding hydrogens is 432 g/mol. The van der Waals surface area contributed by atoms with Crippen LogP contribution in [0.1, 0.15) is 22.8 Å². The van der Waals surface area contributed by atoms with E-state index in [1.807, 2.05) is 55.5 Å².